The van der Waals surface area contributed by atoms with Crippen molar-refractivity contribution in [2.24, 2.45) is 5.41 Å². The molecule has 106 valence electrons. The summed E-state index contributed by atoms with van der Waals surface area (Å²) in [6, 6.07) is 5.07. The number of halogens is 3. The number of thioether (sulfide) groups is 1. The number of aliphatic hydroxyl groups is 1. The van der Waals surface area contributed by atoms with Crippen molar-refractivity contribution >= 4 is 11.8 Å². The van der Waals surface area contributed by atoms with E-state index in [9.17, 15) is 18.3 Å². The van der Waals surface area contributed by atoms with E-state index in [0.717, 1.165) is 24.3 Å². The molecule has 1 aromatic carbocycles. The van der Waals surface area contributed by atoms with Crippen LogP contribution in [0.4, 0.5) is 13.2 Å². The molecule has 1 aliphatic heterocycles. The molecule has 0 bridgehead atoms. The van der Waals surface area contributed by atoms with E-state index in [4.69, 9.17) is 0 Å². The van der Waals surface area contributed by atoms with Crippen LogP contribution < -0.4 is 0 Å². The number of alkyl halides is 3. The number of benzene rings is 1. The lowest BCUT2D eigenvalue weighted by molar-refractivity contribution is -0.138. The SMILES string of the molecule is CC1(C)CCSCC1(O)c1cccc(C(F)(F)F)c1. The van der Waals surface area contributed by atoms with Gasteiger partial charge in [-0.25, -0.2) is 0 Å². The Morgan fingerprint density at radius 1 is 1.26 bits per heavy atom. The second kappa shape index (κ2) is 4.70. The zero-order chi connectivity index (χ0) is 14.3. The molecule has 2 rings (SSSR count). The standard InChI is InChI=1S/C14H17F3OS/c1-12(2)6-7-19-9-13(12,18)10-4-3-5-11(8-10)14(15,16)17/h3-5,8,18H,6-7,9H2,1-2H3. The molecular weight excluding hydrogens is 273 g/mol. The first kappa shape index (κ1) is 14.7. The summed E-state index contributed by atoms with van der Waals surface area (Å²) in [6.45, 7) is 3.82. The van der Waals surface area contributed by atoms with Gasteiger partial charge in [-0.15, -0.1) is 0 Å². The Morgan fingerprint density at radius 2 is 1.95 bits per heavy atom. The number of hydrogen-bond acceptors (Lipinski definition) is 2. The molecule has 5 heteroatoms. The monoisotopic (exact) mass is 290 g/mol. The summed E-state index contributed by atoms with van der Waals surface area (Å²) in [5.74, 6) is 1.36. The van der Waals surface area contributed by atoms with E-state index in [2.05, 4.69) is 0 Å². The topological polar surface area (TPSA) is 20.2 Å². The van der Waals surface area contributed by atoms with Crippen molar-refractivity contribution in [3.8, 4) is 0 Å². The second-order valence-corrected chi connectivity index (χ2v) is 6.73. The van der Waals surface area contributed by atoms with Crippen molar-refractivity contribution in [1.29, 1.82) is 0 Å². The maximum absolute atomic E-state index is 12.8. The predicted octanol–water partition coefficient (Wildman–Crippen LogP) is 4.06. The first-order valence-electron chi connectivity index (χ1n) is 6.15. The Kier molecular flexibility index (Phi) is 3.64. The van der Waals surface area contributed by atoms with Crippen molar-refractivity contribution in [3.63, 3.8) is 0 Å². The van der Waals surface area contributed by atoms with Crippen molar-refractivity contribution in [2.75, 3.05) is 11.5 Å². The van der Waals surface area contributed by atoms with Gasteiger partial charge in [-0.2, -0.15) is 24.9 Å². The van der Waals surface area contributed by atoms with Crippen molar-refractivity contribution < 1.29 is 18.3 Å². The van der Waals surface area contributed by atoms with E-state index in [0.29, 0.717) is 11.3 Å². The molecule has 1 heterocycles. The van der Waals surface area contributed by atoms with Crippen molar-refractivity contribution in [2.45, 2.75) is 32.0 Å². The van der Waals surface area contributed by atoms with Gasteiger partial charge in [-0.1, -0.05) is 26.0 Å². The third-order valence-electron chi connectivity index (χ3n) is 3.97. The van der Waals surface area contributed by atoms with Crippen LogP contribution in [0.5, 0.6) is 0 Å². The normalized spacial score (nSPS) is 27.3. The van der Waals surface area contributed by atoms with Gasteiger partial charge >= 0.3 is 6.18 Å². The average Bonchev–Trinajstić information content (AvgIpc) is 2.32. The Morgan fingerprint density at radius 3 is 2.53 bits per heavy atom. The molecule has 1 N–H and O–H groups in total. The second-order valence-electron chi connectivity index (χ2n) is 5.63. The molecule has 1 atom stereocenters. The lowest BCUT2D eigenvalue weighted by Gasteiger charge is -2.46. The van der Waals surface area contributed by atoms with Crippen LogP contribution in [0.3, 0.4) is 0 Å². The van der Waals surface area contributed by atoms with Crippen LogP contribution >= 0.6 is 11.8 Å². The van der Waals surface area contributed by atoms with Gasteiger partial charge in [-0.3, -0.25) is 0 Å². The highest BCUT2D eigenvalue weighted by molar-refractivity contribution is 7.99. The molecule has 0 amide bonds. The Labute approximate surface area is 115 Å². The molecular formula is C14H17F3OS. The molecule has 1 fully saturated rings. The summed E-state index contributed by atoms with van der Waals surface area (Å²) in [5, 5.41) is 10.9. The smallest absolute Gasteiger partial charge is 0.384 e. The van der Waals surface area contributed by atoms with Crippen molar-refractivity contribution in [1.82, 2.24) is 0 Å². The lowest BCUT2D eigenvalue weighted by Crippen LogP contribution is -2.47. The first-order valence-corrected chi connectivity index (χ1v) is 7.30. The molecule has 1 saturated heterocycles. The van der Waals surface area contributed by atoms with Gasteiger partial charge in [0.2, 0.25) is 0 Å². The zero-order valence-electron chi connectivity index (χ0n) is 10.9. The average molecular weight is 290 g/mol. The molecule has 0 aromatic heterocycles. The van der Waals surface area contributed by atoms with Crippen LogP contribution in [0, 0.1) is 5.41 Å². The summed E-state index contributed by atoms with van der Waals surface area (Å²) >= 11 is 1.58. The third kappa shape index (κ3) is 2.63. The van der Waals surface area contributed by atoms with Crippen LogP contribution in [-0.2, 0) is 11.8 Å². The van der Waals surface area contributed by atoms with Gasteiger partial charge in [-0.05, 0) is 35.3 Å². The van der Waals surface area contributed by atoms with Gasteiger partial charge in [0.25, 0.3) is 0 Å². The summed E-state index contributed by atoms with van der Waals surface area (Å²) in [4.78, 5) is 0. The minimum atomic E-state index is -4.38. The van der Waals surface area contributed by atoms with Gasteiger partial charge in [0.1, 0.15) is 5.60 Å². The van der Waals surface area contributed by atoms with E-state index < -0.39 is 22.8 Å². The van der Waals surface area contributed by atoms with Gasteiger partial charge in [0.15, 0.2) is 0 Å². The van der Waals surface area contributed by atoms with E-state index in [1.54, 1.807) is 17.8 Å². The van der Waals surface area contributed by atoms with E-state index in [1.807, 2.05) is 13.8 Å². The minimum absolute atomic E-state index is 0.361. The van der Waals surface area contributed by atoms with Gasteiger partial charge in [0, 0.05) is 5.75 Å². The van der Waals surface area contributed by atoms with Crippen LogP contribution in [0.2, 0.25) is 0 Å². The van der Waals surface area contributed by atoms with E-state index in [-0.39, 0.29) is 0 Å². The lowest BCUT2D eigenvalue weighted by atomic mass is 9.69. The predicted molar refractivity (Wildman–Crippen MR) is 71.1 cm³/mol. The van der Waals surface area contributed by atoms with Crippen LogP contribution in [0.15, 0.2) is 24.3 Å². The first-order chi connectivity index (χ1) is 8.67. The summed E-state index contributed by atoms with van der Waals surface area (Å²) in [7, 11) is 0. The highest BCUT2D eigenvalue weighted by Crippen LogP contribution is 2.49. The van der Waals surface area contributed by atoms with E-state index in [1.165, 1.54) is 6.07 Å². The fourth-order valence-electron chi connectivity index (χ4n) is 2.38. The highest BCUT2D eigenvalue weighted by atomic mass is 32.2. The van der Waals surface area contributed by atoms with Gasteiger partial charge < -0.3 is 5.11 Å². The Bertz CT molecular complexity index is 470. The zero-order valence-corrected chi connectivity index (χ0v) is 11.7. The number of hydrogen-bond donors (Lipinski definition) is 1. The third-order valence-corrected chi connectivity index (χ3v) is 5.08. The minimum Gasteiger partial charge on any atom is -0.384 e. The van der Waals surface area contributed by atoms with Crippen LogP contribution in [-0.4, -0.2) is 16.6 Å². The molecule has 1 nitrogen and oxygen atoms in total. The maximum Gasteiger partial charge on any atom is 0.416 e. The molecule has 0 aliphatic carbocycles. The van der Waals surface area contributed by atoms with Crippen LogP contribution in [0.25, 0.3) is 0 Å². The van der Waals surface area contributed by atoms with E-state index >= 15 is 0 Å². The van der Waals surface area contributed by atoms with Gasteiger partial charge in [0.05, 0.1) is 5.56 Å². The molecule has 0 saturated carbocycles. The summed E-state index contributed by atoms with van der Waals surface area (Å²) in [6.07, 6.45) is -3.59. The maximum atomic E-state index is 12.8. The molecule has 0 radical (unpaired) electrons. The molecule has 19 heavy (non-hydrogen) atoms. The molecule has 1 unspecified atom stereocenters. The molecule has 1 aromatic rings. The fourth-order valence-corrected chi connectivity index (χ4v) is 4.03. The van der Waals surface area contributed by atoms with Crippen molar-refractivity contribution in [3.05, 3.63) is 35.4 Å². The quantitative estimate of drug-likeness (QED) is 0.842. The molecule has 1 aliphatic rings. The largest absolute Gasteiger partial charge is 0.416 e. The van der Waals surface area contributed by atoms with Crippen LogP contribution in [0.1, 0.15) is 31.4 Å². The molecule has 0 spiro atoms. The summed E-state index contributed by atoms with van der Waals surface area (Å²) in [5.41, 5.74) is -1.98. The summed E-state index contributed by atoms with van der Waals surface area (Å²) < 4.78 is 38.3. The Balaban J connectivity index is 2.46. The Hall–Kier alpha value is -0.680. The fraction of sp³-hybridized carbons (Fsp3) is 0.571. The highest BCUT2D eigenvalue weighted by Gasteiger charge is 2.47. The number of rotatable bonds is 1.